The van der Waals surface area contributed by atoms with E-state index in [4.69, 9.17) is 5.11 Å². The molecular weight excluding hydrogens is 232 g/mol. The van der Waals surface area contributed by atoms with Crippen LogP contribution < -0.4 is 0 Å². The van der Waals surface area contributed by atoms with Crippen LogP contribution in [0.15, 0.2) is 22.7 Å². The van der Waals surface area contributed by atoms with Gasteiger partial charge in [-0.05, 0) is 30.2 Å². The zero-order valence-electron chi connectivity index (χ0n) is 7.38. The molecular formula is C10H11BrO2. The lowest BCUT2D eigenvalue weighted by Crippen LogP contribution is -1.97. The fourth-order valence-corrected chi connectivity index (χ4v) is 1.61. The lowest BCUT2D eigenvalue weighted by Gasteiger charge is -2.03. The molecule has 1 aromatic rings. The first-order valence-corrected chi connectivity index (χ1v) is 4.96. The van der Waals surface area contributed by atoms with E-state index in [2.05, 4.69) is 22.9 Å². The van der Waals surface area contributed by atoms with E-state index in [0.717, 1.165) is 22.9 Å². The topological polar surface area (TPSA) is 37.3 Å². The average molecular weight is 243 g/mol. The van der Waals surface area contributed by atoms with Crippen LogP contribution in [0.4, 0.5) is 0 Å². The van der Waals surface area contributed by atoms with Gasteiger partial charge in [-0.2, -0.15) is 0 Å². The monoisotopic (exact) mass is 242 g/mol. The van der Waals surface area contributed by atoms with Crippen molar-refractivity contribution in [2.24, 2.45) is 0 Å². The highest BCUT2D eigenvalue weighted by atomic mass is 79.9. The van der Waals surface area contributed by atoms with Crippen molar-refractivity contribution in [3.05, 3.63) is 33.8 Å². The smallest absolute Gasteiger partial charge is 0.335 e. The second kappa shape index (κ2) is 4.42. The summed E-state index contributed by atoms with van der Waals surface area (Å²) in [5.74, 6) is -0.871. The molecule has 0 unspecified atom stereocenters. The molecule has 0 amide bonds. The Hall–Kier alpha value is -0.830. The van der Waals surface area contributed by atoms with E-state index in [1.807, 2.05) is 0 Å². The Balaban J connectivity index is 3.03. The molecule has 1 rings (SSSR count). The number of carboxylic acid groups (broad SMARTS) is 1. The largest absolute Gasteiger partial charge is 0.478 e. The Morgan fingerprint density at radius 3 is 2.77 bits per heavy atom. The van der Waals surface area contributed by atoms with Gasteiger partial charge in [0, 0.05) is 4.47 Å². The number of benzene rings is 1. The van der Waals surface area contributed by atoms with Crippen LogP contribution >= 0.6 is 15.9 Å². The van der Waals surface area contributed by atoms with E-state index in [-0.39, 0.29) is 0 Å². The molecule has 0 spiro atoms. The van der Waals surface area contributed by atoms with Gasteiger partial charge in [0.2, 0.25) is 0 Å². The summed E-state index contributed by atoms with van der Waals surface area (Å²) < 4.78 is 0.986. The number of halogens is 1. The molecule has 2 nitrogen and oxygen atoms in total. The summed E-state index contributed by atoms with van der Waals surface area (Å²) in [6.45, 7) is 2.07. The number of aryl methyl sites for hydroxylation is 1. The molecule has 1 N–H and O–H groups in total. The van der Waals surface area contributed by atoms with E-state index in [9.17, 15) is 4.79 Å². The molecule has 0 aliphatic carbocycles. The van der Waals surface area contributed by atoms with Crippen molar-refractivity contribution in [3.63, 3.8) is 0 Å². The molecule has 0 fully saturated rings. The van der Waals surface area contributed by atoms with Crippen molar-refractivity contribution in [1.29, 1.82) is 0 Å². The maximum absolute atomic E-state index is 10.7. The lowest BCUT2D eigenvalue weighted by atomic mass is 10.1. The molecule has 13 heavy (non-hydrogen) atoms. The molecule has 0 saturated heterocycles. The third kappa shape index (κ3) is 2.56. The highest BCUT2D eigenvalue weighted by Gasteiger charge is 2.05. The lowest BCUT2D eigenvalue weighted by molar-refractivity contribution is 0.0696. The average Bonchev–Trinajstić information content (AvgIpc) is 2.08. The first-order valence-electron chi connectivity index (χ1n) is 4.17. The van der Waals surface area contributed by atoms with Crippen molar-refractivity contribution >= 4 is 21.9 Å². The van der Waals surface area contributed by atoms with E-state index < -0.39 is 5.97 Å². The maximum atomic E-state index is 10.7. The van der Waals surface area contributed by atoms with Crippen LogP contribution in [-0.4, -0.2) is 11.1 Å². The van der Waals surface area contributed by atoms with Crippen LogP contribution in [0.1, 0.15) is 29.3 Å². The van der Waals surface area contributed by atoms with Crippen LogP contribution in [0.2, 0.25) is 0 Å². The van der Waals surface area contributed by atoms with Gasteiger partial charge in [0.15, 0.2) is 0 Å². The fraction of sp³-hybridized carbons (Fsp3) is 0.300. The molecule has 0 aromatic heterocycles. The molecule has 0 bridgehead atoms. The molecule has 0 radical (unpaired) electrons. The Morgan fingerprint density at radius 1 is 1.54 bits per heavy atom. The van der Waals surface area contributed by atoms with Crippen LogP contribution in [0.25, 0.3) is 0 Å². The SMILES string of the molecule is CCCc1cc(C(=O)O)ccc1Br. The van der Waals surface area contributed by atoms with E-state index in [1.54, 1.807) is 18.2 Å². The quantitative estimate of drug-likeness (QED) is 0.885. The summed E-state index contributed by atoms with van der Waals surface area (Å²) in [4.78, 5) is 10.7. The van der Waals surface area contributed by atoms with Crippen LogP contribution in [0.3, 0.4) is 0 Å². The fourth-order valence-electron chi connectivity index (χ4n) is 1.17. The van der Waals surface area contributed by atoms with Crippen molar-refractivity contribution in [2.75, 3.05) is 0 Å². The van der Waals surface area contributed by atoms with Gasteiger partial charge in [-0.3, -0.25) is 0 Å². The summed E-state index contributed by atoms with van der Waals surface area (Å²) in [5, 5.41) is 8.75. The minimum Gasteiger partial charge on any atom is -0.478 e. The zero-order valence-corrected chi connectivity index (χ0v) is 8.97. The molecule has 0 atom stereocenters. The van der Waals surface area contributed by atoms with Crippen molar-refractivity contribution in [3.8, 4) is 0 Å². The molecule has 3 heteroatoms. The van der Waals surface area contributed by atoms with Gasteiger partial charge < -0.3 is 5.11 Å². The Labute approximate surface area is 85.7 Å². The van der Waals surface area contributed by atoms with Crippen LogP contribution in [-0.2, 0) is 6.42 Å². The highest BCUT2D eigenvalue weighted by Crippen LogP contribution is 2.19. The van der Waals surface area contributed by atoms with Gasteiger partial charge in [0.25, 0.3) is 0 Å². The van der Waals surface area contributed by atoms with Crippen molar-refractivity contribution in [2.45, 2.75) is 19.8 Å². The van der Waals surface area contributed by atoms with E-state index >= 15 is 0 Å². The summed E-state index contributed by atoms with van der Waals surface area (Å²) >= 11 is 3.39. The van der Waals surface area contributed by atoms with Gasteiger partial charge in [0.05, 0.1) is 5.56 Å². The van der Waals surface area contributed by atoms with Gasteiger partial charge in [-0.1, -0.05) is 29.3 Å². The molecule has 0 heterocycles. The van der Waals surface area contributed by atoms with E-state index in [1.165, 1.54) is 0 Å². The number of rotatable bonds is 3. The summed E-state index contributed by atoms with van der Waals surface area (Å²) in [7, 11) is 0. The Morgan fingerprint density at radius 2 is 2.23 bits per heavy atom. The minimum absolute atomic E-state index is 0.353. The predicted octanol–water partition coefficient (Wildman–Crippen LogP) is 3.10. The normalized spacial score (nSPS) is 10.0. The predicted molar refractivity (Wildman–Crippen MR) is 55.1 cm³/mol. The first kappa shape index (κ1) is 10.3. The summed E-state index contributed by atoms with van der Waals surface area (Å²) in [6, 6.07) is 5.11. The second-order valence-corrected chi connectivity index (χ2v) is 3.72. The molecule has 0 saturated carbocycles. The van der Waals surface area contributed by atoms with Crippen molar-refractivity contribution < 1.29 is 9.90 Å². The van der Waals surface area contributed by atoms with Gasteiger partial charge in [0.1, 0.15) is 0 Å². The van der Waals surface area contributed by atoms with Gasteiger partial charge in [-0.25, -0.2) is 4.79 Å². The third-order valence-corrected chi connectivity index (χ3v) is 2.59. The maximum Gasteiger partial charge on any atom is 0.335 e. The standard InChI is InChI=1S/C10H11BrO2/c1-2-3-7-6-8(10(12)13)4-5-9(7)11/h4-6H,2-3H2,1H3,(H,12,13). The molecule has 70 valence electrons. The van der Waals surface area contributed by atoms with E-state index in [0.29, 0.717) is 5.56 Å². The van der Waals surface area contributed by atoms with Gasteiger partial charge in [-0.15, -0.1) is 0 Å². The highest BCUT2D eigenvalue weighted by molar-refractivity contribution is 9.10. The molecule has 0 aliphatic rings. The summed E-state index contributed by atoms with van der Waals surface area (Å²) in [5.41, 5.74) is 1.41. The Kier molecular flexibility index (Phi) is 3.48. The number of hydrogen-bond acceptors (Lipinski definition) is 1. The molecule has 1 aromatic carbocycles. The number of carbonyl (C=O) groups is 1. The van der Waals surface area contributed by atoms with Crippen LogP contribution in [0.5, 0.6) is 0 Å². The first-order chi connectivity index (χ1) is 6.15. The van der Waals surface area contributed by atoms with Crippen molar-refractivity contribution in [1.82, 2.24) is 0 Å². The minimum atomic E-state index is -0.871. The second-order valence-electron chi connectivity index (χ2n) is 2.86. The Bertz CT molecular complexity index is 321. The number of aromatic carboxylic acids is 1. The van der Waals surface area contributed by atoms with Crippen LogP contribution in [0, 0.1) is 0 Å². The number of hydrogen-bond donors (Lipinski definition) is 1. The zero-order chi connectivity index (χ0) is 9.84. The number of carboxylic acids is 1. The van der Waals surface area contributed by atoms with Gasteiger partial charge >= 0.3 is 5.97 Å². The third-order valence-electron chi connectivity index (χ3n) is 1.81. The summed E-state index contributed by atoms with van der Waals surface area (Å²) in [6.07, 6.45) is 1.92. The molecule has 0 aliphatic heterocycles.